The third-order valence-corrected chi connectivity index (χ3v) is 2.58. The summed E-state index contributed by atoms with van der Waals surface area (Å²) in [5, 5.41) is 3.44. The molecule has 4 heteroatoms. The molecular formula is C12H18ClFN2. The van der Waals surface area contributed by atoms with Crippen LogP contribution in [0, 0.1) is 5.82 Å². The van der Waals surface area contributed by atoms with Gasteiger partial charge in [0.15, 0.2) is 0 Å². The van der Waals surface area contributed by atoms with Gasteiger partial charge < -0.3 is 10.2 Å². The van der Waals surface area contributed by atoms with E-state index < -0.39 is 0 Å². The molecular weight excluding hydrogens is 227 g/mol. The number of nitrogens with zero attached hydrogens (tertiary/aromatic N) is 1. The Bertz CT molecular complexity index is 329. The van der Waals surface area contributed by atoms with Gasteiger partial charge in [-0.15, -0.1) is 0 Å². The highest BCUT2D eigenvalue weighted by molar-refractivity contribution is 6.30. The molecule has 1 N–H and O–H groups in total. The lowest BCUT2D eigenvalue weighted by atomic mass is 10.2. The average molecular weight is 245 g/mol. The molecule has 0 saturated heterocycles. The molecule has 0 aliphatic heterocycles. The van der Waals surface area contributed by atoms with Crippen LogP contribution >= 0.6 is 11.6 Å². The molecule has 0 fully saturated rings. The zero-order valence-electron chi connectivity index (χ0n) is 9.76. The highest BCUT2D eigenvalue weighted by Gasteiger charge is 2.00. The Balaban J connectivity index is 2.24. The summed E-state index contributed by atoms with van der Waals surface area (Å²) in [6.07, 6.45) is 1.09. The Hall–Kier alpha value is -0.640. The molecule has 0 radical (unpaired) electrons. The van der Waals surface area contributed by atoms with Crippen molar-refractivity contribution >= 4 is 11.6 Å². The van der Waals surface area contributed by atoms with E-state index in [1.165, 1.54) is 6.07 Å². The topological polar surface area (TPSA) is 15.3 Å². The van der Waals surface area contributed by atoms with Crippen LogP contribution in [0.2, 0.25) is 5.02 Å². The van der Waals surface area contributed by atoms with Gasteiger partial charge in [0.25, 0.3) is 0 Å². The molecule has 90 valence electrons. The maximum absolute atomic E-state index is 13.1. The predicted octanol–water partition coefficient (Wildman–Crippen LogP) is 2.52. The molecule has 0 aromatic heterocycles. The molecule has 1 rings (SSSR count). The summed E-state index contributed by atoms with van der Waals surface area (Å²) in [4.78, 5) is 2.14. The van der Waals surface area contributed by atoms with E-state index in [0.717, 1.165) is 25.1 Å². The predicted molar refractivity (Wildman–Crippen MR) is 66.3 cm³/mol. The fourth-order valence-corrected chi connectivity index (χ4v) is 1.52. The first-order valence-electron chi connectivity index (χ1n) is 5.39. The largest absolute Gasteiger partial charge is 0.313 e. The van der Waals surface area contributed by atoms with Crippen molar-refractivity contribution in [2.75, 3.05) is 27.2 Å². The van der Waals surface area contributed by atoms with E-state index in [9.17, 15) is 4.39 Å². The molecule has 0 heterocycles. The summed E-state index contributed by atoms with van der Waals surface area (Å²) in [6.45, 7) is 2.67. The van der Waals surface area contributed by atoms with Crippen LogP contribution in [-0.4, -0.2) is 32.1 Å². The van der Waals surface area contributed by atoms with Crippen molar-refractivity contribution in [3.05, 3.63) is 34.6 Å². The first kappa shape index (κ1) is 13.4. The van der Waals surface area contributed by atoms with Gasteiger partial charge in [0.2, 0.25) is 0 Å². The second-order valence-corrected chi connectivity index (χ2v) is 4.49. The first-order valence-corrected chi connectivity index (χ1v) is 5.77. The van der Waals surface area contributed by atoms with Gasteiger partial charge in [-0.05, 0) is 51.3 Å². The summed E-state index contributed by atoms with van der Waals surface area (Å²) in [6, 6.07) is 4.90. The minimum Gasteiger partial charge on any atom is -0.313 e. The van der Waals surface area contributed by atoms with Crippen molar-refractivity contribution in [3.8, 4) is 0 Å². The molecule has 0 aliphatic carbocycles. The van der Waals surface area contributed by atoms with Gasteiger partial charge in [0.05, 0.1) is 5.02 Å². The van der Waals surface area contributed by atoms with Crippen LogP contribution in [0.15, 0.2) is 18.2 Å². The molecule has 1 aromatic rings. The minimum absolute atomic E-state index is 0.177. The molecule has 2 nitrogen and oxygen atoms in total. The van der Waals surface area contributed by atoms with Gasteiger partial charge in [0.1, 0.15) is 5.82 Å². The van der Waals surface area contributed by atoms with Gasteiger partial charge in [-0.3, -0.25) is 0 Å². The molecule has 0 saturated carbocycles. The fourth-order valence-electron chi connectivity index (χ4n) is 1.40. The molecule has 0 atom stereocenters. The van der Waals surface area contributed by atoms with Crippen molar-refractivity contribution in [3.63, 3.8) is 0 Å². The van der Waals surface area contributed by atoms with Crippen molar-refractivity contribution in [1.82, 2.24) is 10.2 Å². The van der Waals surface area contributed by atoms with E-state index in [1.807, 2.05) is 6.07 Å². The van der Waals surface area contributed by atoms with Gasteiger partial charge in [-0.25, -0.2) is 4.39 Å². The third-order valence-electron chi connectivity index (χ3n) is 2.27. The lowest BCUT2D eigenvalue weighted by molar-refractivity contribution is 0.394. The Kier molecular flexibility index (Phi) is 5.74. The number of hydrogen-bond donors (Lipinski definition) is 1. The van der Waals surface area contributed by atoms with Crippen LogP contribution in [0.1, 0.15) is 12.0 Å². The summed E-state index contributed by atoms with van der Waals surface area (Å²) in [7, 11) is 4.10. The van der Waals surface area contributed by atoms with E-state index in [4.69, 9.17) is 11.6 Å². The normalized spacial score (nSPS) is 11.1. The molecule has 1 aromatic carbocycles. The number of halogens is 2. The minimum atomic E-state index is -0.353. The maximum Gasteiger partial charge on any atom is 0.142 e. The molecule has 0 amide bonds. The highest BCUT2D eigenvalue weighted by Crippen LogP contribution is 2.15. The zero-order valence-corrected chi connectivity index (χ0v) is 10.5. The molecule has 0 spiro atoms. The van der Waals surface area contributed by atoms with Crippen molar-refractivity contribution < 1.29 is 4.39 Å². The lowest BCUT2D eigenvalue weighted by Crippen LogP contribution is -2.21. The standard InChI is InChI=1S/C12H18ClFN2/c1-16(2)7-3-6-15-9-10-4-5-11(13)12(14)8-10/h4-5,8,15H,3,6-7,9H2,1-2H3. The zero-order chi connectivity index (χ0) is 12.0. The summed E-state index contributed by atoms with van der Waals surface area (Å²) in [5.74, 6) is -0.353. The van der Waals surface area contributed by atoms with Crippen LogP contribution < -0.4 is 5.32 Å². The van der Waals surface area contributed by atoms with Crippen molar-refractivity contribution in [1.29, 1.82) is 0 Å². The Morgan fingerprint density at radius 3 is 2.75 bits per heavy atom. The maximum atomic E-state index is 13.1. The first-order chi connectivity index (χ1) is 7.59. The fraction of sp³-hybridized carbons (Fsp3) is 0.500. The van der Waals surface area contributed by atoms with E-state index in [0.29, 0.717) is 6.54 Å². The van der Waals surface area contributed by atoms with E-state index in [1.54, 1.807) is 6.07 Å². The third kappa shape index (κ3) is 4.92. The van der Waals surface area contributed by atoms with E-state index in [2.05, 4.69) is 24.3 Å². The Morgan fingerprint density at radius 2 is 2.12 bits per heavy atom. The van der Waals surface area contributed by atoms with Crippen molar-refractivity contribution in [2.24, 2.45) is 0 Å². The van der Waals surface area contributed by atoms with E-state index >= 15 is 0 Å². The number of rotatable bonds is 6. The number of benzene rings is 1. The van der Waals surface area contributed by atoms with Gasteiger partial charge >= 0.3 is 0 Å². The van der Waals surface area contributed by atoms with Crippen LogP contribution in [0.4, 0.5) is 4.39 Å². The molecule has 0 bridgehead atoms. The van der Waals surface area contributed by atoms with Crippen LogP contribution in [0.25, 0.3) is 0 Å². The second-order valence-electron chi connectivity index (χ2n) is 4.08. The Labute approximate surface area is 101 Å². The quantitative estimate of drug-likeness (QED) is 0.774. The van der Waals surface area contributed by atoms with Gasteiger partial charge in [-0.2, -0.15) is 0 Å². The average Bonchev–Trinajstić information content (AvgIpc) is 2.22. The lowest BCUT2D eigenvalue weighted by Gasteiger charge is -2.09. The SMILES string of the molecule is CN(C)CCCNCc1ccc(Cl)c(F)c1. The van der Waals surface area contributed by atoms with Gasteiger partial charge in [0, 0.05) is 6.54 Å². The van der Waals surface area contributed by atoms with Crippen LogP contribution in [-0.2, 0) is 6.54 Å². The van der Waals surface area contributed by atoms with E-state index in [-0.39, 0.29) is 10.8 Å². The van der Waals surface area contributed by atoms with Crippen molar-refractivity contribution in [2.45, 2.75) is 13.0 Å². The summed E-state index contributed by atoms with van der Waals surface area (Å²) >= 11 is 5.60. The molecule has 16 heavy (non-hydrogen) atoms. The van der Waals surface area contributed by atoms with Crippen LogP contribution in [0.5, 0.6) is 0 Å². The monoisotopic (exact) mass is 244 g/mol. The molecule has 0 aliphatic rings. The summed E-state index contributed by atoms with van der Waals surface area (Å²) < 4.78 is 13.1. The number of nitrogens with one attached hydrogen (secondary N) is 1. The van der Waals surface area contributed by atoms with Crippen LogP contribution in [0.3, 0.4) is 0 Å². The van der Waals surface area contributed by atoms with Gasteiger partial charge in [-0.1, -0.05) is 17.7 Å². The summed E-state index contributed by atoms with van der Waals surface area (Å²) in [5.41, 5.74) is 0.923. The highest BCUT2D eigenvalue weighted by atomic mass is 35.5. The smallest absolute Gasteiger partial charge is 0.142 e. The number of hydrogen-bond acceptors (Lipinski definition) is 2. The molecule has 0 unspecified atom stereocenters. The second kappa shape index (κ2) is 6.84. The Morgan fingerprint density at radius 1 is 1.38 bits per heavy atom.